The second-order valence-corrected chi connectivity index (χ2v) is 8.31. The van der Waals surface area contributed by atoms with Crippen LogP contribution in [0.3, 0.4) is 0 Å². The van der Waals surface area contributed by atoms with Gasteiger partial charge in [0.05, 0.1) is 31.6 Å². The molecule has 0 N–H and O–H groups in total. The molecule has 1 amide bonds. The van der Waals surface area contributed by atoms with Crippen molar-refractivity contribution < 1.29 is 14.3 Å². The van der Waals surface area contributed by atoms with Crippen LogP contribution in [0, 0.1) is 6.92 Å². The Kier molecular flexibility index (Phi) is 5.04. The van der Waals surface area contributed by atoms with Gasteiger partial charge in [0.2, 0.25) is 0 Å². The smallest absolute Gasteiger partial charge is 0.253 e. The molecule has 26 heavy (non-hydrogen) atoms. The summed E-state index contributed by atoms with van der Waals surface area (Å²) in [6, 6.07) is 8.10. The van der Waals surface area contributed by atoms with E-state index in [2.05, 4.69) is 28.9 Å². The molecule has 0 aromatic carbocycles. The molecule has 6 nitrogen and oxygen atoms in total. The number of hydrogen-bond donors (Lipinski definition) is 0. The largest absolute Gasteiger partial charge is 0.377 e. The molecule has 1 spiro atoms. The van der Waals surface area contributed by atoms with Crippen LogP contribution in [0.25, 0.3) is 0 Å². The van der Waals surface area contributed by atoms with Crippen molar-refractivity contribution in [2.75, 3.05) is 44.4 Å². The summed E-state index contributed by atoms with van der Waals surface area (Å²) in [4.78, 5) is 23.4. The first-order valence-corrected chi connectivity index (χ1v) is 9.65. The maximum Gasteiger partial charge on any atom is 0.253 e. The fraction of sp³-hybridized carbons (Fsp3) is 0.474. The average Bonchev–Trinajstić information content (AvgIpc) is 2.95. The Morgan fingerprint density at radius 2 is 2.23 bits per heavy atom. The number of rotatable bonds is 3. The van der Waals surface area contributed by atoms with E-state index in [0.29, 0.717) is 19.8 Å². The highest BCUT2D eigenvalue weighted by Crippen LogP contribution is 2.28. The van der Waals surface area contributed by atoms with Crippen LogP contribution in [0.4, 0.5) is 5.69 Å². The van der Waals surface area contributed by atoms with E-state index >= 15 is 0 Å². The van der Waals surface area contributed by atoms with Gasteiger partial charge in [-0.15, -0.1) is 11.3 Å². The van der Waals surface area contributed by atoms with E-state index in [4.69, 9.17) is 9.47 Å². The number of morpholine rings is 1. The minimum Gasteiger partial charge on any atom is -0.377 e. The topological polar surface area (TPSA) is 54.9 Å². The summed E-state index contributed by atoms with van der Waals surface area (Å²) in [7, 11) is 0. The van der Waals surface area contributed by atoms with E-state index in [0.717, 1.165) is 25.3 Å². The molecule has 0 bridgehead atoms. The van der Waals surface area contributed by atoms with Crippen molar-refractivity contribution in [3.8, 4) is 0 Å². The summed E-state index contributed by atoms with van der Waals surface area (Å²) in [5.74, 6) is -0.0340. The molecule has 138 valence electrons. The minimum atomic E-state index is -0.507. The monoisotopic (exact) mass is 373 g/mol. The van der Waals surface area contributed by atoms with Crippen molar-refractivity contribution in [2.24, 2.45) is 0 Å². The average molecular weight is 373 g/mol. The van der Waals surface area contributed by atoms with Gasteiger partial charge in [0.15, 0.2) is 0 Å². The number of aryl methyl sites for hydroxylation is 1. The zero-order valence-electron chi connectivity index (χ0n) is 14.9. The second kappa shape index (κ2) is 7.44. The number of ether oxygens (including phenoxy) is 2. The van der Waals surface area contributed by atoms with E-state index < -0.39 is 5.60 Å². The fourth-order valence-electron chi connectivity index (χ4n) is 3.56. The number of nitrogens with zero attached hydrogens (tertiary/aromatic N) is 3. The van der Waals surface area contributed by atoms with Gasteiger partial charge in [0, 0.05) is 35.6 Å². The number of aromatic nitrogens is 1. The molecular formula is C19H23N3O3S. The van der Waals surface area contributed by atoms with Crippen LogP contribution in [0.2, 0.25) is 0 Å². The lowest BCUT2D eigenvalue weighted by Gasteiger charge is -2.42. The van der Waals surface area contributed by atoms with Gasteiger partial charge in [0.1, 0.15) is 12.2 Å². The van der Waals surface area contributed by atoms with Crippen molar-refractivity contribution in [3.05, 3.63) is 46.4 Å². The van der Waals surface area contributed by atoms with Gasteiger partial charge in [-0.3, -0.25) is 14.7 Å². The summed E-state index contributed by atoms with van der Waals surface area (Å²) >= 11 is 1.82. The third-order valence-electron chi connectivity index (χ3n) is 4.81. The van der Waals surface area contributed by atoms with Crippen molar-refractivity contribution >= 4 is 22.9 Å². The van der Waals surface area contributed by atoms with Gasteiger partial charge in [-0.05, 0) is 31.2 Å². The van der Waals surface area contributed by atoms with Crippen molar-refractivity contribution in [1.82, 2.24) is 9.88 Å². The Labute approximate surface area is 157 Å². The summed E-state index contributed by atoms with van der Waals surface area (Å²) in [6.07, 6.45) is 3.43. The van der Waals surface area contributed by atoms with Crippen molar-refractivity contribution in [2.45, 2.75) is 19.1 Å². The lowest BCUT2D eigenvalue weighted by molar-refractivity contribution is -0.146. The molecule has 2 aromatic heterocycles. The zero-order chi connectivity index (χ0) is 18.0. The fourth-order valence-corrected chi connectivity index (χ4v) is 4.49. The lowest BCUT2D eigenvalue weighted by atomic mass is 10.0. The predicted molar refractivity (Wildman–Crippen MR) is 100 cm³/mol. The lowest BCUT2D eigenvalue weighted by Crippen LogP contribution is -2.60. The van der Waals surface area contributed by atoms with E-state index in [-0.39, 0.29) is 12.5 Å². The molecule has 0 radical (unpaired) electrons. The molecule has 2 fully saturated rings. The number of hydrogen-bond acceptors (Lipinski definition) is 6. The van der Waals surface area contributed by atoms with Crippen LogP contribution < -0.4 is 4.90 Å². The molecule has 2 aliphatic rings. The molecule has 4 rings (SSSR count). The Balaban J connectivity index is 1.52. The first-order chi connectivity index (χ1) is 12.6. The van der Waals surface area contributed by atoms with E-state index in [1.54, 1.807) is 17.3 Å². The normalized spacial score (nSPS) is 24.8. The van der Waals surface area contributed by atoms with Crippen LogP contribution in [0.5, 0.6) is 0 Å². The highest BCUT2D eigenvalue weighted by molar-refractivity contribution is 7.11. The van der Waals surface area contributed by atoms with Gasteiger partial charge in [0.25, 0.3) is 5.91 Å². The van der Waals surface area contributed by atoms with Crippen molar-refractivity contribution in [3.63, 3.8) is 0 Å². The molecule has 0 aliphatic carbocycles. The van der Waals surface area contributed by atoms with Crippen LogP contribution in [-0.2, 0) is 20.8 Å². The molecule has 1 unspecified atom stereocenters. The summed E-state index contributed by atoms with van der Waals surface area (Å²) in [5.41, 5.74) is 0.303. The molecule has 2 saturated heterocycles. The van der Waals surface area contributed by atoms with E-state index in [9.17, 15) is 4.79 Å². The Morgan fingerprint density at radius 3 is 3.00 bits per heavy atom. The maximum atomic E-state index is 12.4. The summed E-state index contributed by atoms with van der Waals surface area (Å²) in [5, 5.41) is 0. The standard InChI is InChI=1S/C19H23N3O3S/c1-15-4-5-17(26-15)10-21-7-8-24-14-19(12-21)13-22(18(23)11-25-19)16-3-2-6-20-9-16/h2-6,9H,7-8,10-14H2,1H3. The molecular weight excluding hydrogens is 350 g/mol. The van der Waals surface area contributed by atoms with E-state index in [1.807, 2.05) is 23.5 Å². The summed E-state index contributed by atoms with van der Waals surface area (Å²) < 4.78 is 11.9. The molecule has 2 aliphatic heterocycles. The van der Waals surface area contributed by atoms with Gasteiger partial charge in [-0.2, -0.15) is 0 Å². The highest BCUT2D eigenvalue weighted by Gasteiger charge is 2.43. The number of thiophene rings is 1. The van der Waals surface area contributed by atoms with Gasteiger partial charge in [-0.25, -0.2) is 0 Å². The summed E-state index contributed by atoms with van der Waals surface area (Å²) in [6.45, 7) is 6.35. The number of carbonyl (C=O) groups excluding carboxylic acids is 1. The van der Waals surface area contributed by atoms with Crippen LogP contribution in [-0.4, -0.2) is 60.8 Å². The Morgan fingerprint density at radius 1 is 1.31 bits per heavy atom. The van der Waals surface area contributed by atoms with Gasteiger partial charge >= 0.3 is 0 Å². The number of pyridine rings is 1. The van der Waals surface area contributed by atoms with Gasteiger partial charge in [-0.1, -0.05) is 0 Å². The highest BCUT2D eigenvalue weighted by atomic mass is 32.1. The minimum absolute atomic E-state index is 0.0340. The SMILES string of the molecule is Cc1ccc(CN2CCOCC3(C2)CN(c2cccnc2)C(=O)CO3)s1. The van der Waals surface area contributed by atoms with Crippen molar-refractivity contribution in [1.29, 1.82) is 0 Å². The second-order valence-electron chi connectivity index (χ2n) is 6.94. The molecule has 1 atom stereocenters. The van der Waals surface area contributed by atoms with Crippen LogP contribution in [0.1, 0.15) is 9.75 Å². The third-order valence-corrected chi connectivity index (χ3v) is 5.80. The number of amides is 1. The van der Waals surface area contributed by atoms with Crippen LogP contribution >= 0.6 is 11.3 Å². The molecule has 7 heteroatoms. The Bertz CT molecular complexity index is 766. The molecule has 2 aromatic rings. The quantitative estimate of drug-likeness (QED) is 0.825. The van der Waals surface area contributed by atoms with Crippen LogP contribution in [0.15, 0.2) is 36.7 Å². The van der Waals surface area contributed by atoms with Gasteiger partial charge < -0.3 is 14.4 Å². The first kappa shape index (κ1) is 17.6. The van der Waals surface area contributed by atoms with E-state index in [1.165, 1.54) is 9.75 Å². The first-order valence-electron chi connectivity index (χ1n) is 8.83. The number of anilines is 1. The Hall–Kier alpha value is -1.80. The number of carbonyl (C=O) groups is 1. The maximum absolute atomic E-state index is 12.4. The predicted octanol–water partition coefficient (Wildman–Crippen LogP) is 2.09. The molecule has 4 heterocycles. The third kappa shape index (κ3) is 3.81. The molecule has 0 saturated carbocycles. The zero-order valence-corrected chi connectivity index (χ0v) is 15.7.